The molecule has 0 aliphatic carbocycles. The van der Waals surface area contributed by atoms with E-state index in [0.717, 1.165) is 22.0 Å². The normalized spacial score (nSPS) is 10.7. The summed E-state index contributed by atoms with van der Waals surface area (Å²) < 4.78 is 1.75. The van der Waals surface area contributed by atoms with Crippen LogP contribution in [0.2, 0.25) is 0 Å². The highest BCUT2D eigenvalue weighted by molar-refractivity contribution is 6.07. The number of carboxylic acids is 1. The fourth-order valence-electron chi connectivity index (χ4n) is 2.40. The van der Waals surface area contributed by atoms with Crippen LogP contribution in [0.4, 0.5) is 5.69 Å². The van der Waals surface area contributed by atoms with Crippen molar-refractivity contribution >= 4 is 22.4 Å². The van der Waals surface area contributed by atoms with Crippen LogP contribution in [-0.2, 0) is 13.6 Å². The van der Waals surface area contributed by atoms with Crippen molar-refractivity contribution in [3.05, 3.63) is 59.9 Å². The lowest BCUT2D eigenvalue weighted by Crippen LogP contribution is -2.02. The number of aromatic carboxylic acids is 1. The summed E-state index contributed by atoms with van der Waals surface area (Å²) in [5.41, 5.74) is 2.31. The van der Waals surface area contributed by atoms with Crippen LogP contribution in [0.3, 0.4) is 0 Å². The molecule has 0 fully saturated rings. The Morgan fingerprint density at radius 2 is 2.00 bits per heavy atom. The maximum Gasteiger partial charge on any atom is 0.336 e. The van der Waals surface area contributed by atoms with E-state index in [1.54, 1.807) is 16.9 Å². The molecule has 106 valence electrons. The second-order valence-corrected chi connectivity index (χ2v) is 4.89. The summed E-state index contributed by atoms with van der Waals surface area (Å²) in [5, 5.41) is 18.4. The van der Waals surface area contributed by atoms with Gasteiger partial charge in [0.15, 0.2) is 0 Å². The molecule has 0 aliphatic rings. The van der Waals surface area contributed by atoms with Crippen molar-refractivity contribution in [3.63, 3.8) is 0 Å². The molecule has 0 amide bonds. The van der Waals surface area contributed by atoms with E-state index < -0.39 is 5.97 Å². The summed E-state index contributed by atoms with van der Waals surface area (Å²) in [6.45, 7) is 0.643. The maximum absolute atomic E-state index is 11.3. The number of benzene rings is 2. The van der Waals surface area contributed by atoms with E-state index in [0.29, 0.717) is 12.1 Å². The third kappa shape index (κ3) is 2.58. The molecule has 0 atom stereocenters. The van der Waals surface area contributed by atoms with Crippen molar-refractivity contribution in [1.82, 2.24) is 9.78 Å². The van der Waals surface area contributed by atoms with E-state index in [9.17, 15) is 9.90 Å². The minimum atomic E-state index is -0.912. The van der Waals surface area contributed by atoms with Crippen LogP contribution < -0.4 is 5.32 Å². The average Bonchev–Trinajstić information content (AvgIpc) is 2.90. The monoisotopic (exact) mass is 281 g/mol. The molecule has 2 N–H and O–H groups in total. The molecule has 0 saturated heterocycles. The van der Waals surface area contributed by atoms with Crippen molar-refractivity contribution in [1.29, 1.82) is 0 Å². The topological polar surface area (TPSA) is 67.2 Å². The predicted octanol–water partition coefficient (Wildman–Crippen LogP) is 2.88. The Bertz CT molecular complexity index is 808. The van der Waals surface area contributed by atoms with Crippen molar-refractivity contribution in [2.75, 3.05) is 5.32 Å². The first-order chi connectivity index (χ1) is 10.1. The number of fused-ring (bicyclic) bond motifs is 1. The number of rotatable bonds is 4. The number of aryl methyl sites for hydroxylation is 1. The highest BCUT2D eigenvalue weighted by atomic mass is 16.4. The highest BCUT2D eigenvalue weighted by Crippen LogP contribution is 2.27. The Kier molecular flexibility index (Phi) is 3.31. The molecular weight excluding hydrogens is 266 g/mol. The Labute approximate surface area is 121 Å². The zero-order chi connectivity index (χ0) is 14.8. The number of nitrogens with zero attached hydrogens (tertiary/aromatic N) is 2. The molecule has 21 heavy (non-hydrogen) atoms. The van der Waals surface area contributed by atoms with Crippen LogP contribution in [0, 0.1) is 0 Å². The summed E-state index contributed by atoms with van der Waals surface area (Å²) in [5.74, 6) is -0.912. The van der Waals surface area contributed by atoms with Gasteiger partial charge in [-0.2, -0.15) is 5.10 Å². The van der Waals surface area contributed by atoms with Gasteiger partial charge in [-0.05, 0) is 17.5 Å². The van der Waals surface area contributed by atoms with Crippen molar-refractivity contribution in [2.24, 2.45) is 7.05 Å². The summed E-state index contributed by atoms with van der Waals surface area (Å²) in [7, 11) is 1.88. The molecule has 5 nitrogen and oxygen atoms in total. The SMILES string of the molecule is Cn1cc(CNc2ccc(C(=O)O)c3ccccc23)cn1. The predicted molar refractivity (Wildman–Crippen MR) is 81.4 cm³/mol. The van der Waals surface area contributed by atoms with Gasteiger partial charge in [0.2, 0.25) is 0 Å². The Morgan fingerprint density at radius 1 is 1.24 bits per heavy atom. The summed E-state index contributed by atoms with van der Waals surface area (Å²) >= 11 is 0. The molecule has 1 aromatic heterocycles. The zero-order valence-electron chi connectivity index (χ0n) is 11.6. The third-order valence-electron chi connectivity index (χ3n) is 3.40. The quantitative estimate of drug-likeness (QED) is 0.771. The molecule has 5 heteroatoms. The second kappa shape index (κ2) is 5.28. The molecule has 3 rings (SSSR count). The van der Waals surface area contributed by atoms with Crippen molar-refractivity contribution in [2.45, 2.75) is 6.54 Å². The number of carbonyl (C=O) groups is 1. The van der Waals surface area contributed by atoms with Crippen molar-refractivity contribution in [3.8, 4) is 0 Å². The molecular formula is C16H15N3O2. The first-order valence-corrected chi connectivity index (χ1v) is 6.61. The average molecular weight is 281 g/mol. The minimum absolute atomic E-state index is 0.317. The van der Waals surface area contributed by atoms with Crippen LogP contribution in [0.25, 0.3) is 10.8 Å². The largest absolute Gasteiger partial charge is 0.478 e. The highest BCUT2D eigenvalue weighted by Gasteiger charge is 2.10. The smallest absolute Gasteiger partial charge is 0.336 e. The number of anilines is 1. The lowest BCUT2D eigenvalue weighted by atomic mass is 10.0. The third-order valence-corrected chi connectivity index (χ3v) is 3.40. The molecule has 0 saturated carbocycles. The number of hydrogen-bond donors (Lipinski definition) is 2. The zero-order valence-corrected chi connectivity index (χ0v) is 11.6. The number of hydrogen-bond acceptors (Lipinski definition) is 3. The van der Waals surface area contributed by atoms with Crippen molar-refractivity contribution < 1.29 is 9.90 Å². The van der Waals surface area contributed by atoms with E-state index in [1.807, 2.05) is 43.6 Å². The molecule has 0 unspecified atom stereocenters. The molecule has 2 aromatic carbocycles. The van der Waals surface area contributed by atoms with Gasteiger partial charge in [0.1, 0.15) is 0 Å². The standard InChI is InChI=1S/C16H15N3O2/c1-19-10-11(9-18-19)8-17-15-7-6-14(16(20)21)12-4-2-3-5-13(12)15/h2-7,9-10,17H,8H2,1H3,(H,20,21). The van der Waals surface area contributed by atoms with Gasteiger partial charge in [0, 0.05) is 36.4 Å². The van der Waals surface area contributed by atoms with Gasteiger partial charge in [0.05, 0.1) is 11.8 Å². The van der Waals surface area contributed by atoms with E-state index in [2.05, 4.69) is 10.4 Å². The summed E-state index contributed by atoms with van der Waals surface area (Å²) in [6, 6.07) is 10.9. The van der Waals surface area contributed by atoms with E-state index in [4.69, 9.17) is 0 Å². The number of nitrogens with one attached hydrogen (secondary N) is 1. The number of aromatic nitrogens is 2. The molecule has 0 aliphatic heterocycles. The van der Waals surface area contributed by atoms with Gasteiger partial charge in [-0.25, -0.2) is 4.79 Å². The van der Waals surface area contributed by atoms with E-state index in [1.165, 1.54) is 0 Å². The fourth-order valence-corrected chi connectivity index (χ4v) is 2.40. The van der Waals surface area contributed by atoms with Gasteiger partial charge in [-0.1, -0.05) is 24.3 Å². The first kappa shape index (κ1) is 13.2. The van der Waals surface area contributed by atoms with Crippen LogP contribution in [-0.4, -0.2) is 20.9 Å². The Balaban J connectivity index is 1.96. The Hall–Kier alpha value is -2.82. The Morgan fingerprint density at radius 3 is 2.67 bits per heavy atom. The summed E-state index contributed by atoms with van der Waals surface area (Å²) in [6.07, 6.45) is 3.75. The maximum atomic E-state index is 11.3. The van der Waals surface area contributed by atoms with Gasteiger partial charge in [0.25, 0.3) is 0 Å². The molecule has 1 heterocycles. The van der Waals surface area contributed by atoms with Crippen LogP contribution in [0.5, 0.6) is 0 Å². The van der Waals surface area contributed by atoms with Gasteiger partial charge < -0.3 is 10.4 Å². The fraction of sp³-hybridized carbons (Fsp3) is 0.125. The van der Waals surface area contributed by atoms with E-state index >= 15 is 0 Å². The summed E-state index contributed by atoms with van der Waals surface area (Å²) in [4.78, 5) is 11.3. The number of carboxylic acid groups (broad SMARTS) is 1. The minimum Gasteiger partial charge on any atom is -0.478 e. The van der Waals surface area contributed by atoms with Gasteiger partial charge in [-0.3, -0.25) is 4.68 Å². The molecule has 0 bridgehead atoms. The lowest BCUT2D eigenvalue weighted by Gasteiger charge is -2.10. The molecule has 3 aromatic rings. The first-order valence-electron chi connectivity index (χ1n) is 6.61. The van der Waals surface area contributed by atoms with Gasteiger partial charge >= 0.3 is 5.97 Å². The molecule has 0 spiro atoms. The van der Waals surface area contributed by atoms with E-state index in [-0.39, 0.29) is 0 Å². The molecule has 0 radical (unpaired) electrons. The second-order valence-electron chi connectivity index (χ2n) is 4.89. The van der Waals surface area contributed by atoms with Crippen LogP contribution in [0.1, 0.15) is 15.9 Å². The van der Waals surface area contributed by atoms with Crippen LogP contribution >= 0.6 is 0 Å². The van der Waals surface area contributed by atoms with Crippen LogP contribution in [0.15, 0.2) is 48.8 Å². The lowest BCUT2D eigenvalue weighted by molar-refractivity contribution is 0.0699. The van der Waals surface area contributed by atoms with Gasteiger partial charge in [-0.15, -0.1) is 0 Å².